The highest BCUT2D eigenvalue weighted by Crippen LogP contribution is 2.14. The summed E-state index contributed by atoms with van der Waals surface area (Å²) in [6.45, 7) is 2.09. The molecule has 0 fully saturated rings. The fourth-order valence-electron chi connectivity index (χ4n) is 1.37. The van der Waals surface area contributed by atoms with Gasteiger partial charge in [0.1, 0.15) is 0 Å². The summed E-state index contributed by atoms with van der Waals surface area (Å²) < 4.78 is 4.79. The second kappa shape index (κ2) is 6.91. The van der Waals surface area contributed by atoms with E-state index in [4.69, 9.17) is 21.5 Å². The smallest absolute Gasteiger partial charge is 0.306 e. The molecular formula is C12H14ClNO3. The maximum Gasteiger partial charge on any atom is 0.306 e. The van der Waals surface area contributed by atoms with Crippen LogP contribution in [0.15, 0.2) is 29.4 Å². The molecular weight excluding hydrogens is 242 g/mol. The maximum absolute atomic E-state index is 11.2. The van der Waals surface area contributed by atoms with Gasteiger partial charge in [0.2, 0.25) is 0 Å². The number of benzene rings is 1. The summed E-state index contributed by atoms with van der Waals surface area (Å²) in [7, 11) is 0. The van der Waals surface area contributed by atoms with E-state index in [1.54, 1.807) is 31.2 Å². The summed E-state index contributed by atoms with van der Waals surface area (Å²) in [5.41, 5.74) is 1.12. The Kier molecular flexibility index (Phi) is 5.49. The van der Waals surface area contributed by atoms with Gasteiger partial charge in [-0.15, -0.1) is 0 Å². The average Bonchev–Trinajstić information content (AvgIpc) is 2.30. The number of carbonyl (C=O) groups is 1. The normalized spacial score (nSPS) is 11.3. The summed E-state index contributed by atoms with van der Waals surface area (Å²) in [5, 5.41) is 12.6. The van der Waals surface area contributed by atoms with Gasteiger partial charge in [-0.1, -0.05) is 28.9 Å². The lowest BCUT2D eigenvalue weighted by molar-refractivity contribution is -0.142. The van der Waals surface area contributed by atoms with E-state index in [1.807, 2.05) is 0 Å². The molecule has 0 saturated heterocycles. The fourth-order valence-corrected chi connectivity index (χ4v) is 1.56. The number of esters is 1. The molecule has 0 saturated carbocycles. The minimum absolute atomic E-state index is 0.180. The van der Waals surface area contributed by atoms with Gasteiger partial charge in [0.05, 0.1) is 18.7 Å². The zero-order chi connectivity index (χ0) is 12.7. The Morgan fingerprint density at radius 2 is 2.24 bits per heavy atom. The Morgan fingerprint density at radius 1 is 1.47 bits per heavy atom. The van der Waals surface area contributed by atoms with Gasteiger partial charge in [-0.25, -0.2) is 0 Å². The predicted molar refractivity (Wildman–Crippen MR) is 65.6 cm³/mol. The lowest BCUT2D eigenvalue weighted by Gasteiger charge is -2.05. The van der Waals surface area contributed by atoms with Crippen LogP contribution in [0.1, 0.15) is 25.3 Å². The molecule has 0 atom stereocenters. The van der Waals surface area contributed by atoms with E-state index >= 15 is 0 Å². The first-order chi connectivity index (χ1) is 8.17. The highest BCUT2D eigenvalue weighted by Gasteiger charge is 2.09. The molecule has 17 heavy (non-hydrogen) atoms. The molecule has 0 unspecified atom stereocenters. The molecule has 0 aliphatic rings. The summed E-state index contributed by atoms with van der Waals surface area (Å²) >= 11 is 5.83. The molecule has 1 rings (SSSR count). The Hall–Kier alpha value is -1.55. The number of oxime groups is 1. The van der Waals surface area contributed by atoms with Gasteiger partial charge in [-0.2, -0.15) is 0 Å². The summed E-state index contributed by atoms with van der Waals surface area (Å²) in [4.78, 5) is 11.2. The van der Waals surface area contributed by atoms with Crippen LogP contribution in [0.4, 0.5) is 0 Å². The van der Waals surface area contributed by atoms with Crippen LogP contribution in [-0.2, 0) is 9.53 Å². The van der Waals surface area contributed by atoms with Gasteiger partial charge in [-0.3, -0.25) is 4.79 Å². The highest BCUT2D eigenvalue weighted by molar-refractivity contribution is 6.31. The number of nitrogens with zero attached hydrogens (tertiary/aromatic N) is 1. The Morgan fingerprint density at radius 3 is 2.82 bits per heavy atom. The second-order valence-electron chi connectivity index (χ2n) is 3.36. The van der Waals surface area contributed by atoms with E-state index in [0.717, 1.165) is 0 Å². The summed E-state index contributed by atoms with van der Waals surface area (Å²) in [6, 6.07) is 6.94. The molecule has 1 aromatic rings. The molecule has 0 aromatic heterocycles. The standard InChI is InChI=1S/C12H14ClNO3/c1-2-17-12(15)7-6-11(14-16)9-4-3-5-10(13)8-9/h3-5,8,16H,2,6-7H2,1H3. The number of hydrogen-bond acceptors (Lipinski definition) is 4. The van der Waals surface area contributed by atoms with Crippen LogP contribution in [0.2, 0.25) is 5.02 Å². The Bertz CT molecular complexity index is 418. The molecule has 1 N–H and O–H groups in total. The third-order valence-electron chi connectivity index (χ3n) is 2.15. The summed E-state index contributed by atoms with van der Waals surface area (Å²) in [6.07, 6.45) is 0.495. The van der Waals surface area contributed by atoms with Gasteiger partial charge in [0.15, 0.2) is 0 Å². The number of ether oxygens (including phenoxy) is 1. The first-order valence-corrected chi connectivity index (χ1v) is 5.67. The van der Waals surface area contributed by atoms with E-state index in [2.05, 4.69) is 5.16 Å². The van der Waals surface area contributed by atoms with Gasteiger partial charge in [-0.05, 0) is 19.1 Å². The molecule has 92 valence electrons. The lowest BCUT2D eigenvalue weighted by Crippen LogP contribution is -2.08. The van der Waals surface area contributed by atoms with Crippen LogP contribution in [0.3, 0.4) is 0 Å². The number of halogens is 1. The molecule has 0 aliphatic heterocycles. The molecule has 0 heterocycles. The van der Waals surface area contributed by atoms with Crippen LogP contribution in [0.25, 0.3) is 0 Å². The largest absolute Gasteiger partial charge is 0.466 e. The van der Waals surface area contributed by atoms with Crippen molar-refractivity contribution < 1.29 is 14.7 Å². The quantitative estimate of drug-likeness (QED) is 0.381. The molecule has 0 aliphatic carbocycles. The third-order valence-corrected chi connectivity index (χ3v) is 2.38. The van der Waals surface area contributed by atoms with Gasteiger partial charge in [0.25, 0.3) is 0 Å². The molecule has 1 aromatic carbocycles. The van der Waals surface area contributed by atoms with Crippen molar-refractivity contribution in [2.24, 2.45) is 5.16 Å². The van der Waals surface area contributed by atoms with E-state index in [0.29, 0.717) is 29.3 Å². The monoisotopic (exact) mass is 255 g/mol. The molecule has 5 heteroatoms. The molecule has 0 radical (unpaired) electrons. The minimum Gasteiger partial charge on any atom is -0.466 e. The maximum atomic E-state index is 11.2. The third kappa shape index (κ3) is 4.44. The van der Waals surface area contributed by atoms with Crippen molar-refractivity contribution in [2.45, 2.75) is 19.8 Å². The number of hydrogen-bond donors (Lipinski definition) is 1. The van der Waals surface area contributed by atoms with E-state index in [1.165, 1.54) is 0 Å². The van der Waals surface area contributed by atoms with Crippen molar-refractivity contribution in [1.82, 2.24) is 0 Å². The fraction of sp³-hybridized carbons (Fsp3) is 0.333. The number of carbonyl (C=O) groups excluding carboxylic acids is 1. The predicted octanol–water partition coefficient (Wildman–Crippen LogP) is 2.86. The molecule has 0 amide bonds. The Labute approximate surface area is 105 Å². The first-order valence-electron chi connectivity index (χ1n) is 5.30. The second-order valence-corrected chi connectivity index (χ2v) is 3.80. The van der Waals surface area contributed by atoms with Crippen LogP contribution < -0.4 is 0 Å². The Balaban J connectivity index is 2.64. The first kappa shape index (κ1) is 13.5. The lowest BCUT2D eigenvalue weighted by atomic mass is 10.1. The van der Waals surface area contributed by atoms with Crippen molar-refractivity contribution in [2.75, 3.05) is 6.61 Å². The van der Waals surface area contributed by atoms with Crippen molar-refractivity contribution in [3.8, 4) is 0 Å². The molecule has 4 nitrogen and oxygen atoms in total. The zero-order valence-corrected chi connectivity index (χ0v) is 10.3. The SMILES string of the molecule is CCOC(=O)CCC(=NO)c1cccc(Cl)c1. The van der Waals surface area contributed by atoms with Crippen LogP contribution in [0, 0.1) is 0 Å². The highest BCUT2D eigenvalue weighted by atomic mass is 35.5. The van der Waals surface area contributed by atoms with Crippen molar-refractivity contribution in [1.29, 1.82) is 0 Å². The zero-order valence-electron chi connectivity index (χ0n) is 9.52. The molecule has 0 bridgehead atoms. The van der Waals surface area contributed by atoms with Crippen LogP contribution >= 0.6 is 11.6 Å². The van der Waals surface area contributed by atoms with Gasteiger partial charge >= 0.3 is 5.97 Å². The van der Waals surface area contributed by atoms with Crippen molar-refractivity contribution in [3.05, 3.63) is 34.9 Å². The van der Waals surface area contributed by atoms with Crippen LogP contribution in [0.5, 0.6) is 0 Å². The van der Waals surface area contributed by atoms with Crippen LogP contribution in [-0.4, -0.2) is 23.5 Å². The van der Waals surface area contributed by atoms with Crippen molar-refractivity contribution >= 4 is 23.3 Å². The van der Waals surface area contributed by atoms with E-state index < -0.39 is 0 Å². The summed E-state index contributed by atoms with van der Waals surface area (Å²) in [5.74, 6) is -0.310. The number of rotatable bonds is 5. The topological polar surface area (TPSA) is 58.9 Å². The van der Waals surface area contributed by atoms with E-state index in [9.17, 15) is 4.79 Å². The minimum atomic E-state index is -0.310. The van der Waals surface area contributed by atoms with Gasteiger partial charge in [0, 0.05) is 17.0 Å². The van der Waals surface area contributed by atoms with Gasteiger partial charge < -0.3 is 9.94 Å². The average molecular weight is 256 g/mol. The van der Waals surface area contributed by atoms with E-state index in [-0.39, 0.29) is 12.4 Å². The molecule has 0 spiro atoms. The van der Waals surface area contributed by atoms with Crippen molar-refractivity contribution in [3.63, 3.8) is 0 Å².